The molecule has 0 saturated carbocycles. The summed E-state index contributed by atoms with van der Waals surface area (Å²) in [5.41, 5.74) is 2.24. The van der Waals surface area contributed by atoms with E-state index in [4.69, 9.17) is 4.74 Å². The predicted octanol–water partition coefficient (Wildman–Crippen LogP) is 4.19. The molecule has 2 aromatic carbocycles. The van der Waals surface area contributed by atoms with E-state index in [0.717, 1.165) is 12.2 Å². The van der Waals surface area contributed by atoms with Crippen molar-refractivity contribution >= 4 is 11.4 Å². The summed E-state index contributed by atoms with van der Waals surface area (Å²) in [6.45, 7) is 5.39. The standard InChI is InChI=1S/C18H20N2O3/c1-3-23-17-11-15(9-10-16(17)20(21)22)19-12-13(2)18(19)14-7-5-4-6-8-14/h4-11,13,18H,3,12H2,1-2H3. The first-order chi connectivity index (χ1) is 11.1. The van der Waals surface area contributed by atoms with Gasteiger partial charge in [0.1, 0.15) is 0 Å². The summed E-state index contributed by atoms with van der Waals surface area (Å²) in [5.74, 6) is 0.879. The summed E-state index contributed by atoms with van der Waals surface area (Å²) >= 11 is 0. The van der Waals surface area contributed by atoms with E-state index in [1.165, 1.54) is 11.6 Å². The molecule has 1 heterocycles. The third-order valence-electron chi connectivity index (χ3n) is 4.27. The highest BCUT2D eigenvalue weighted by molar-refractivity contribution is 5.61. The third-order valence-corrected chi connectivity index (χ3v) is 4.27. The maximum absolute atomic E-state index is 11.1. The number of hydrogen-bond acceptors (Lipinski definition) is 4. The van der Waals surface area contributed by atoms with Gasteiger partial charge in [0.15, 0.2) is 5.75 Å². The van der Waals surface area contributed by atoms with Gasteiger partial charge < -0.3 is 9.64 Å². The topological polar surface area (TPSA) is 55.6 Å². The molecule has 0 radical (unpaired) electrons. The fraction of sp³-hybridized carbons (Fsp3) is 0.333. The van der Waals surface area contributed by atoms with Crippen LogP contribution in [0.15, 0.2) is 48.5 Å². The highest BCUT2D eigenvalue weighted by Crippen LogP contribution is 2.44. The zero-order valence-corrected chi connectivity index (χ0v) is 13.3. The van der Waals surface area contributed by atoms with E-state index in [1.54, 1.807) is 6.07 Å². The molecule has 120 valence electrons. The van der Waals surface area contributed by atoms with E-state index in [2.05, 4.69) is 24.0 Å². The molecule has 0 aromatic heterocycles. The number of rotatable bonds is 5. The van der Waals surface area contributed by atoms with Gasteiger partial charge in [0.05, 0.1) is 17.6 Å². The molecule has 5 heteroatoms. The average Bonchev–Trinajstić information content (AvgIpc) is 2.53. The van der Waals surface area contributed by atoms with Crippen LogP contribution in [-0.2, 0) is 0 Å². The first-order valence-corrected chi connectivity index (χ1v) is 7.84. The van der Waals surface area contributed by atoms with E-state index in [-0.39, 0.29) is 5.69 Å². The lowest BCUT2D eigenvalue weighted by atomic mass is 9.84. The van der Waals surface area contributed by atoms with Gasteiger partial charge in [0.2, 0.25) is 0 Å². The van der Waals surface area contributed by atoms with Crippen LogP contribution < -0.4 is 9.64 Å². The lowest BCUT2D eigenvalue weighted by Crippen LogP contribution is -2.48. The van der Waals surface area contributed by atoms with E-state index < -0.39 is 4.92 Å². The molecular formula is C18H20N2O3. The van der Waals surface area contributed by atoms with Crippen molar-refractivity contribution in [3.8, 4) is 5.75 Å². The van der Waals surface area contributed by atoms with Crippen LogP contribution in [0.2, 0.25) is 0 Å². The minimum Gasteiger partial charge on any atom is -0.487 e. The fourth-order valence-electron chi connectivity index (χ4n) is 3.22. The molecule has 1 fully saturated rings. The Morgan fingerprint density at radius 2 is 2.00 bits per heavy atom. The molecule has 2 aromatic rings. The van der Waals surface area contributed by atoms with E-state index in [1.807, 2.05) is 31.2 Å². The Morgan fingerprint density at radius 3 is 2.61 bits per heavy atom. The van der Waals surface area contributed by atoms with Crippen molar-refractivity contribution in [3.05, 3.63) is 64.2 Å². The van der Waals surface area contributed by atoms with Crippen molar-refractivity contribution in [1.82, 2.24) is 0 Å². The largest absolute Gasteiger partial charge is 0.487 e. The molecular weight excluding hydrogens is 292 g/mol. The minimum atomic E-state index is -0.401. The van der Waals surface area contributed by atoms with E-state index >= 15 is 0 Å². The monoisotopic (exact) mass is 312 g/mol. The second kappa shape index (κ2) is 6.28. The van der Waals surface area contributed by atoms with Crippen LogP contribution in [0.1, 0.15) is 25.5 Å². The first kappa shape index (κ1) is 15.3. The van der Waals surface area contributed by atoms with Crippen LogP contribution in [0.3, 0.4) is 0 Å². The fourth-order valence-corrected chi connectivity index (χ4v) is 3.22. The van der Waals surface area contributed by atoms with Crippen LogP contribution in [0, 0.1) is 16.0 Å². The second-order valence-corrected chi connectivity index (χ2v) is 5.83. The minimum absolute atomic E-state index is 0.0143. The van der Waals surface area contributed by atoms with Crippen LogP contribution >= 0.6 is 0 Å². The zero-order valence-electron chi connectivity index (χ0n) is 13.3. The van der Waals surface area contributed by atoms with Crippen LogP contribution in [0.4, 0.5) is 11.4 Å². The predicted molar refractivity (Wildman–Crippen MR) is 90.0 cm³/mol. The summed E-state index contributed by atoms with van der Waals surface area (Å²) in [4.78, 5) is 13.0. The number of nitrogens with zero attached hydrogens (tertiary/aromatic N) is 2. The van der Waals surface area contributed by atoms with Crippen molar-refractivity contribution in [2.45, 2.75) is 19.9 Å². The number of anilines is 1. The summed E-state index contributed by atoms with van der Waals surface area (Å²) in [7, 11) is 0. The molecule has 23 heavy (non-hydrogen) atoms. The van der Waals surface area contributed by atoms with Gasteiger partial charge in [-0.15, -0.1) is 0 Å². The number of hydrogen-bond donors (Lipinski definition) is 0. The lowest BCUT2D eigenvalue weighted by molar-refractivity contribution is -0.385. The van der Waals surface area contributed by atoms with Gasteiger partial charge in [0.25, 0.3) is 0 Å². The van der Waals surface area contributed by atoms with E-state index in [9.17, 15) is 10.1 Å². The second-order valence-electron chi connectivity index (χ2n) is 5.83. The normalized spacial score (nSPS) is 20.0. The van der Waals surface area contributed by atoms with Crippen LogP contribution in [0.25, 0.3) is 0 Å². The molecule has 0 aliphatic carbocycles. The Bertz CT molecular complexity index is 703. The number of ether oxygens (including phenoxy) is 1. The Labute approximate surface area is 135 Å². The van der Waals surface area contributed by atoms with Gasteiger partial charge in [0, 0.05) is 24.4 Å². The molecule has 1 aliphatic heterocycles. The highest BCUT2D eigenvalue weighted by Gasteiger charge is 2.37. The molecule has 0 bridgehead atoms. The maximum Gasteiger partial charge on any atom is 0.311 e. The summed E-state index contributed by atoms with van der Waals surface area (Å²) in [6, 6.07) is 15.8. The van der Waals surface area contributed by atoms with Gasteiger partial charge in [-0.1, -0.05) is 37.3 Å². The van der Waals surface area contributed by atoms with Gasteiger partial charge in [-0.25, -0.2) is 0 Å². The zero-order chi connectivity index (χ0) is 16.4. The molecule has 1 aliphatic rings. The molecule has 1 saturated heterocycles. The van der Waals surface area contributed by atoms with Crippen molar-refractivity contribution in [1.29, 1.82) is 0 Å². The molecule has 5 nitrogen and oxygen atoms in total. The summed E-state index contributed by atoms with van der Waals surface area (Å²) in [5, 5.41) is 11.1. The molecule has 0 amide bonds. The summed E-state index contributed by atoms with van der Waals surface area (Å²) in [6.07, 6.45) is 0. The number of benzene rings is 2. The molecule has 2 unspecified atom stereocenters. The Balaban J connectivity index is 1.92. The quantitative estimate of drug-likeness (QED) is 0.613. The Hall–Kier alpha value is -2.56. The van der Waals surface area contributed by atoms with Crippen LogP contribution in [-0.4, -0.2) is 18.1 Å². The molecule has 3 rings (SSSR count). The SMILES string of the molecule is CCOc1cc(N2CC(C)C2c2ccccc2)ccc1[N+](=O)[O-]. The Morgan fingerprint density at radius 1 is 1.26 bits per heavy atom. The van der Waals surface area contributed by atoms with Gasteiger partial charge in [-0.2, -0.15) is 0 Å². The number of nitro groups is 1. The highest BCUT2D eigenvalue weighted by atomic mass is 16.6. The van der Waals surface area contributed by atoms with E-state index in [0.29, 0.717) is 24.3 Å². The van der Waals surface area contributed by atoms with Crippen LogP contribution in [0.5, 0.6) is 5.75 Å². The lowest BCUT2D eigenvalue weighted by Gasteiger charge is -2.48. The van der Waals surface area contributed by atoms with Gasteiger partial charge in [-0.3, -0.25) is 10.1 Å². The first-order valence-electron chi connectivity index (χ1n) is 7.84. The maximum atomic E-state index is 11.1. The smallest absolute Gasteiger partial charge is 0.311 e. The van der Waals surface area contributed by atoms with Crippen molar-refractivity contribution < 1.29 is 9.66 Å². The third kappa shape index (κ3) is 2.86. The van der Waals surface area contributed by atoms with Gasteiger partial charge in [-0.05, 0) is 24.5 Å². The van der Waals surface area contributed by atoms with Crippen molar-refractivity contribution in [2.24, 2.45) is 5.92 Å². The van der Waals surface area contributed by atoms with Gasteiger partial charge >= 0.3 is 5.69 Å². The molecule has 0 N–H and O–H groups in total. The molecule has 2 atom stereocenters. The average molecular weight is 312 g/mol. The Kier molecular flexibility index (Phi) is 4.19. The van der Waals surface area contributed by atoms with Crippen molar-refractivity contribution in [2.75, 3.05) is 18.1 Å². The van der Waals surface area contributed by atoms with Crippen molar-refractivity contribution in [3.63, 3.8) is 0 Å². The molecule has 0 spiro atoms. The number of nitro benzene ring substituents is 1. The summed E-state index contributed by atoms with van der Waals surface area (Å²) < 4.78 is 5.46.